The summed E-state index contributed by atoms with van der Waals surface area (Å²) >= 11 is 0. The van der Waals surface area contributed by atoms with Crippen LogP contribution in [0.2, 0.25) is 0 Å². The third-order valence-electron chi connectivity index (χ3n) is 4.10. The van der Waals surface area contributed by atoms with Gasteiger partial charge in [0, 0.05) is 50.1 Å². The Morgan fingerprint density at radius 2 is 2.05 bits per heavy atom. The largest absolute Gasteiger partial charge is 0.497 e. The van der Waals surface area contributed by atoms with Crippen LogP contribution in [0.3, 0.4) is 0 Å². The van der Waals surface area contributed by atoms with E-state index in [2.05, 4.69) is 41.8 Å². The monoisotopic (exact) mass is 292 g/mol. The molecule has 0 bridgehead atoms. The van der Waals surface area contributed by atoms with Crippen molar-refractivity contribution >= 4 is 5.69 Å². The van der Waals surface area contributed by atoms with Crippen molar-refractivity contribution in [3.05, 3.63) is 24.3 Å². The standard InChI is InChI=1S/C17H28N2O2/c1-5-21-12-11-18-9-10-19(17(2,3)14-18)15-7-6-8-16(13-15)20-4/h6-8,13H,5,9-12,14H2,1-4H3. The van der Waals surface area contributed by atoms with Gasteiger partial charge in [-0.3, -0.25) is 4.90 Å². The third kappa shape index (κ3) is 4.11. The molecule has 0 saturated carbocycles. The summed E-state index contributed by atoms with van der Waals surface area (Å²) in [5.74, 6) is 0.919. The lowest BCUT2D eigenvalue weighted by molar-refractivity contribution is 0.0952. The minimum Gasteiger partial charge on any atom is -0.497 e. The maximum atomic E-state index is 5.47. The Morgan fingerprint density at radius 1 is 1.24 bits per heavy atom. The summed E-state index contributed by atoms with van der Waals surface area (Å²) in [7, 11) is 1.72. The number of benzene rings is 1. The summed E-state index contributed by atoms with van der Waals surface area (Å²) in [6.07, 6.45) is 0. The SMILES string of the molecule is CCOCCN1CCN(c2cccc(OC)c2)C(C)(C)C1. The maximum Gasteiger partial charge on any atom is 0.120 e. The Morgan fingerprint density at radius 3 is 2.71 bits per heavy atom. The zero-order valence-corrected chi connectivity index (χ0v) is 13.8. The Kier molecular flexibility index (Phi) is 5.48. The Labute approximate surface area is 128 Å². The van der Waals surface area contributed by atoms with Gasteiger partial charge in [-0.25, -0.2) is 0 Å². The molecule has 1 aliphatic rings. The highest BCUT2D eigenvalue weighted by atomic mass is 16.5. The van der Waals surface area contributed by atoms with Crippen molar-refractivity contribution in [1.29, 1.82) is 0 Å². The average Bonchev–Trinajstić information content (AvgIpc) is 2.47. The molecule has 0 spiro atoms. The van der Waals surface area contributed by atoms with E-state index in [0.717, 1.165) is 45.1 Å². The zero-order valence-electron chi connectivity index (χ0n) is 13.8. The van der Waals surface area contributed by atoms with E-state index in [1.165, 1.54) is 5.69 Å². The van der Waals surface area contributed by atoms with Gasteiger partial charge in [0.1, 0.15) is 5.75 Å². The van der Waals surface area contributed by atoms with Crippen molar-refractivity contribution in [3.63, 3.8) is 0 Å². The molecule has 0 aromatic heterocycles. The van der Waals surface area contributed by atoms with Crippen LogP contribution in [0.1, 0.15) is 20.8 Å². The second-order valence-electron chi connectivity index (χ2n) is 6.14. The fraction of sp³-hybridized carbons (Fsp3) is 0.647. The minimum absolute atomic E-state index is 0.108. The van der Waals surface area contributed by atoms with Crippen LogP contribution < -0.4 is 9.64 Å². The summed E-state index contributed by atoms with van der Waals surface area (Å²) in [6.45, 7) is 12.5. The molecule has 21 heavy (non-hydrogen) atoms. The molecule has 1 heterocycles. The fourth-order valence-corrected chi connectivity index (χ4v) is 3.04. The quantitative estimate of drug-likeness (QED) is 0.753. The van der Waals surface area contributed by atoms with Crippen molar-refractivity contribution < 1.29 is 9.47 Å². The van der Waals surface area contributed by atoms with Crippen molar-refractivity contribution in [1.82, 2.24) is 4.90 Å². The van der Waals surface area contributed by atoms with E-state index in [1.807, 2.05) is 13.0 Å². The van der Waals surface area contributed by atoms with E-state index in [9.17, 15) is 0 Å². The lowest BCUT2D eigenvalue weighted by Gasteiger charge is -2.48. The van der Waals surface area contributed by atoms with Crippen LogP contribution >= 0.6 is 0 Å². The highest BCUT2D eigenvalue weighted by Crippen LogP contribution is 2.30. The lowest BCUT2D eigenvalue weighted by atomic mass is 9.97. The van der Waals surface area contributed by atoms with Crippen LogP contribution in [0, 0.1) is 0 Å². The predicted octanol–water partition coefficient (Wildman–Crippen LogP) is 2.63. The molecule has 0 N–H and O–H groups in total. The average molecular weight is 292 g/mol. The molecule has 1 aromatic rings. The number of hydrogen-bond acceptors (Lipinski definition) is 4. The highest BCUT2D eigenvalue weighted by molar-refractivity contribution is 5.53. The number of anilines is 1. The second-order valence-corrected chi connectivity index (χ2v) is 6.14. The van der Waals surface area contributed by atoms with Crippen LogP contribution in [0.25, 0.3) is 0 Å². The number of nitrogens with zero attached hydrogens (tertiary/aromatic N) is 2. The van der Waals surface area contributed by atoms with Crippen LogP contribution in [0.15, 0.2) is 24.3 Å². The number of hydrogen-bond donors (Lipinski definition) is 0. The molecule has 0 radical (unpaired) electrons. The summed E-state index contributed by atoms with van der Waals surface area (Å²) in [5.41, 5.74) is 1.35. The molecule has 0 amide bonds. The second kappa shape index (κ2) is 7.14. The highest BCUT2D eigenvalue weighted by Gasteiger charge is 2.33. The van der Waals surface area contributed by atoms with Crippen LogP contribution in [-0.2, 0) is 4.74 Å². The summed E-state index contributed by atoms with van der Waals surface area (Å²) < 4.78 is 10.8. The van der Waals surface area contributed by atoms with Gasteiger partial charge in [-0.2, -0.15) is 0 Å². The van der Waals surface area contributed by atoms with Crippen LogP contribution in [0.5, 0.6) is 5.75 Å². The first kappa shape index (κ1) is 16.1. The first-order valence-corrected chi connectivity index (χ1v) is 7.78. The fourth-order valence-electron chi connectivity index (χ4n) is 3.04. The van der Waals surface area contributed by atoms with E-state index in [4.69, 9.17) is 9.47 Å². The van der Waals surface area contributed by atoms with Gasteiger partial charge in [0.2, 0.25) is 0 Å². The van der Waals surface area contributed by atoms with Crippen LogP contribution in [-0.4, -0.2) is 56.9 Å². The van der Waals surface area contributed by atoms with E-state index in [0.29, 0.717) is 0 Å². The Bertz CT molecular complexity index is 448. The topological polar surface area (TPSA) is 24.9 Å². The Balaban J connectivity index is 2.02. The maximum absolute atomic E-state index is 5.47. The van der Waals surface area contributed by atoms with E-state index in [1.54, 1.807) is 7.11 Å². The smallest absolute Gasteiger partial charge is 0.120 e. The molecular weight excluding hydrogens is 264 g/mol. The normalized spacial score (nSPS) is 18.8. The molecule has 4 nitrogen and oxygen atoms in total. The molecule has 1 aliphatic heterocycles. The molecule has 0 aliphatic carbocycles. The van der Waals surface area contributed by atoms with Crippen molar-refractivity contribution in [2.45, 2.75) is 26.3 Å². The first-order chi connectivity index (χ1) is 10.1. The number of piperazine rings is 1. The predicted molar refractivity (Wildman–Crippen MR) is 87.4 cm³/mol. The molecule has 1 fully saturated rings. The van der Waals surface area contributed by atoms with Crippen molar-refractivity contribution in [3.8, 4) is 5.75 Å². The van der Waals surface area contributed by atoms with E-state index >= 15 is 0 Å². The van der Waals surface area contributed by atoms with Gasteiger partial charge in [0.25, 0.3) is 0 Å². The van der Waals surface area contributed by atoms with Gasteiger partial charge in [0.15, 0.2) is 0 Å². The zero-order chi connectivity index (χ0) is 15.3. The van der Waals surface area contributed by atoms with Gasteiger partial charge in [0.05, 0.1) is 13.7 Å². The van der Waals surface area contributed by atoms with Crippen molar-refractivity contribution in [2.75, 3.05) is 51.4 Å². The van der Waals surface area contributed by atoms with Gasteiger partial charge in [-0.1, -0.05) is 6.07 Å². The molecule has 1 saturated heterocycles. The number of methoxy groups -OCH3 is 1. The molecule has 1 aromatic carbocycles. The Hall–Kier alpha value is -1.26. The molecule has 0 atom stereocenters. The third-order valence-corrected chi connectivity index (χ3v) is 4.10. The summed E-state index contributed by atoms with van der Waals surface area (Å²) in [5, 5.41) is 0. The summed E-state index contributed by atoms with van der Waals surface area (Å²) in [4.78, 5) is 4.97. The first-order valence-electron chi connectivity index (χ1n) is 7.78. The molecular formula is C17H28N2O2. The van der Waals surface area contributed by atoms with Gasteiger partial charge in [-0.15, -0.1) is 0 Å². The lowest BCUT2D eigenvalue weighted by Crippen LogP contribution is -2.59. The summed E-state index contributed by atoms with van der Waals surface area (Å²) in [6, 6.07) is 8.35. The molecule has 118 valence electrons. The molecule has 4 heteroatoms. The molecule has 2 rings (SSSR count). The number of rotatable bonds is 6. The molecule has 0 unspecified atom stereocenters. The van der Waals surface area contributed by atoms with Gasteiger partial charge < -0.3 is 14.4 Å². The minimum atomic E-state index is 0.108. The van der Waals surface area contributed by atoms with E-state index in [-0.39, 0.29) is 5.54 Å². The van der Waals surface area contributed by atoms with Gasteiger partial charge in [-0.05, 0) is 32.9 Å². The number of ether oxygens (including phenoxy) is 2. The van der Waals surface area contributed by atoms with Crippen molar-refractivity contribution in [2.24, 2.45) is 0 Å². The van der Waals surface area contributed by atoms with E-state index < -0.39 is 0 Å². The van der Waals surface area contributed by atoms with Crippen LogP contribution in [0.4, 0.5) is 5.69 Å². The van der Waals surface area contributed by atoms with Gasteiger partial charge >= 0.3 is 0 Å².